The van der Waals surface area contributed by atoms with Crippen LogP contribution in [0.15, 0.2) is 34.9 Å². The second-order valence-electron chi connectivity index (χ2n) is 9.56. The number of benzene rings is 2. The van der Waals surface area contributed by atoms with Crippen molar-refractivity contribution < 1.29 is 14.1 Å². The predicted octanol–water partition coefficient (Wildman–Crippen LogP) is 6.28. The summed E-state index contributed by atoms with van der Waals surface area (Å²) >= 11 is 0. The Hall–Kier alpha value is -3.32. The van der Waals surface area contributed by atoms with Crippen LogP contribution in [0.1, 0.15) is 47.4 Å². The second-order valence-corrected chi connectivity index (χ2v) is 9.56. The molecule has 0 aliphatic carbocycles. The zero-order chi connectivity index (χ0) is 24.9. The molecule has 186 valence electrons. The summed E-state index contributed by atoms with van der Waals surface area (Å²) in [6, 6.07) is 9.84. The SMILES string of the molecule is Cc1cc(Oc2c(C)cc(NC(=O)NCCN3CCCCC3)cc2C)cc(-c2c(C)noc2C)c1. The molecule has 2 N–H and O–H groups in total. The number of aryl methyl sites for hydroxylation is 5. The average Bonchev–Trinajstić information content (AvgIpc) is 3.14. The molecule has 0 radical (unpaired) electrons. The van der Waals surface area contributed by atoms with E-state index in [1.165, 1.54) is 19.3 Å². The molecule has 0 saturated carbocycles. The first-order valence-corrected chi connectivity index (χ1v) is 12.4. The molecule has 2 heterocycles. The molecule has 0 bridgehead atoms. The summed E-state index contributed by atoms with van der Waals surface area (Å²) in [6.45, 7) is 13.7. The maximum Gasteiger partial charge on any atom is 0.319 e. The van der Waals surface area contributed by atoms with Crippen LogP contribution in [0.2, 0.25) is 0 Å². The second kappa shape index (κ2) is 11.0. The van der Waals surface area contributed by atoms with Crippen LogP contribution >= 0.6 is 0 Å². The van der Waals surface area contributed by atoms with E-state index in [1.54, 1.807) is 0 Å². The maximum absolute atomic E-state index is 12.4. The van der Waals surface area contributed by atoms with E-state index in [0.29, 0.717) is 6.54 Å². The summed E-state index contributed by atoms with van der Waals surface area (Å²) < 4.78 is 11.7. The first kappa shape index (κ1) is 24.8. The number of urea groups is 1. The highest BCUT2D eigenvalue weighted by Crippen LogP contribution is 2.35. The molecule has 7 heteroatoms. The van der Waals surface area contributed by atoms with Gasteiger partial charge >= 0.3 is 6.03 Å². The molecule has 0 atom stereocenters. The fourth-order valence-corrected chi connectivity index (χ4v) is 4.83. The minimum atomic E-state index is -0.183. The smallest absolute Gasteiger partial charge is 0.319 e. The molecule has 1 aliphatic heterocycles. The van der Waals surface area contributed by atoms with Gasteiger partial charge in [-0.05, 0) is 107 Å². The molecule has 2 amide bonds. The summed E-state index contributed by atoms with van der Waals surface area (Å²) in [6.07, 6.45) is 3.82. The average molecular weight is 477 g/mol. The van der Waals surface area contributed by atoms with Crippen LogP contribution in [0.25, 0.3) is 11.1 Å². The van der Waals surface area contributed by atoms with Crippen LogP contribution < -0.4 is 15.4 Å². The van der Waals surface area contributed by atoms with Gasteiger partial charge in [-0.1, -0.05) is 17.6 Å². The predicted molar refractivity (Wildman–Crippen MR) is 139 cm³/mol. The van der Waals surface area contributed by atoms with Gasteiger partial charge < -0.3 is 24.8 Å². The van der Waals surface area contributed by atoms with Crippen LogP contribution in [-0.2, 0) is 0 Å². The van der Waals surface area contributed by atoms with Crippen molar-refractivity contribution in [2.75, 3.05) is 31.5 Å². The Morgan fingerprint density at radius 1 is 1.00 bits per heavy atom. The van der Waals surface area contributed by atoms with E-state index >= 15 is 0 Å². The largest absolute Gasteiger partial charge is 0.457 e. The van der Waals surface area contributed by atoms with Crippen LogP contribution in [0.4, 0.5) is 10.5 Å². The zero-order valence-electron chi connectivity index (χ0n) is 21.5. The molecule has 35 heavy (non-hydrogen) atoms. The molecule has 2 aromatic carbocycles. The Labute approximate surface area is 207 Å². The van der Waals surface area contributed by atoms with Crippen molar-refractivity contribution >= 4 is 11.7 Å². The Morgan fingerprint density at radius 2 is 1.71 bits per heavy atom. The standard InChI is InChI=1S/C28H36N4O3/c1-18-13-23(26-21(4)31-35-22(26)5)17-25(14-18)34-27-19(2)15-24(16-20(27)3)30-28(33)29-9-12-32-10-7-6-8-11-32/h13-17H,6-12H2,1-5H3,(H2,29,30,33). The lowest BCUT2D eigenvalue weighted by atomic mass is 10.0. The van der Waals surface area contributed by atoms with E-state index < -0.39 is 0 Å². The van der Waals surface area contributed by atoms with Gasteiger partial charge in [-0.2, -0.15) is 0 Å². The Balaban J connectivity index is 1.42. The van der Waals surface area contributed by atoms with Gasteiger partial charge in [0.05, 0.1) is 5.69 Å². The molecular weight excluding hydrogens is 440 g/mol. The molecule has 7 nitrogen and oxygen atoms in total. The van der Waals surface area contributed by atoms with Gasteiger partial charge in [0.1, 0.15) is 17.3 Å². The maximum atomic E-state index is 12.4. The van der Waals surface area contributed by atoms with Crippen LogP contribution in [0.3, 0.4) is 0 Å². The van der Waals surface area contributed by atoms with Crippen molar-refractivity contribution in [1.29, 1.82) is 0 Å². The Kier molecular flexibility index (Phi) is 7.76. The minimum absolute atomic E-state index is 0.183. The summed E-state index contributed by atoms with van der Waals surface area (Å²) in [4.78, 5) is 14.8. The quantitative estimate of drug-likeness (QED) is 0.419. The van der Waals surface area contributed by atoms with Crippen molar-refractivity contribution in [3.8, 4) is 22.6 Å². The lowest BCUT2D eigenvalue weighted by molar-refractivity contribution is 0.224. The number of carbonyl (C=O) groups excluding carboxylic acids is 1. The van der Waals surface area contributed by atoms with E-state index in [-0.39, 0.29) is 6.03 Å². The number of hydrogen-bond acceptors (Lipinski definition) is 5. The number of amides is 2. The number of nitrogens with one attached hydrogen (secondary N) is 2. The summed E-state index contributed by atoms with van der Waals surface area (Å²) in [5, 5.41) is 10.0. The number of anilines is 1. The normalized spacial score (nSPS) is 14.1. The van der Waals surface area contributed by atoms with Gasteiger partial charge in [0.15, 0.2) is 0 Å². The fraction of sp³-hybridized carbons (Fsp3) is 0.429. The van der Waals surface area contributed by atoms with E-state index in [2.05, 4.69) is 26.8 Å². The molecular formula is C28H36N4O3. The Morgan fingerprint density at radius 3 is 2.37 bits per heavy atom. The fourth-order valence-electron chi connectivity index (χ4n) is 4.83. The van der Waals surface area contributed by atoms with Crippen molar-refractivity contribution in [2.24, 2.45) is 0 Å². The van der Waals surface area contributed by atoms with E-state index in [1.807, 2.05) is 58.9 Å². The van der Waals surface area contributed by atoms with Gasteiger partial charge in [0.2, 0.25) is 0 Å². The van der Waals surface area contributed by atoms with Crippen LogP contribution in [-0.4, -0.2) is 42.3 Å². The number of aromatic nitrogens is 1. The number of carbonyl (C=O) groups is 1. The summed E-state index contributed by atoms with van der Waals surface area (Å²) in [5.74, 6) is 2.33. The zero-order valence-corrected chi connectivity index (χ0v) is 21.5. The number of likely N-dealkylation sites (tertiary alicyclic amines) is 1. The van der Waals surface area contributed by atoms with E-state index in [9.17, 15) is 4.79 Å². The minimum Gasteiger partial charge on any atom is -0.457 e. The molecule has 0 unspecified atom stereocenters. The van der Waals surface area contributed by atoms with Gasteiger partial charge in [-0.15, -0.1) is 0 Å². The highest BCUT2D eigenvalue weighted by Gasteiger charge is 2.15. The number of nitrogens with zero attached hydrogens (tertiary/aromatic N) is 2. The lowest BCUT2D eigenvalue weighted by Gasteiger charge is -2.26. The molecule has 3 aromatic rings. The highest BCUT2D eigenvalue weighted by atomic mass is 16.5. The topological polar surface area (TPSA) is 79.6 Å². The molecule has 1 fully saturated rings. The number of ether oxygens (including phenoxy) is 1. The van der Waals surface area contributed by atoms with Crippen molar-refractivity contribution in [3.05, 3.63) is 58.5 Å². The van der Waals surface area contributed by atoms with Crippen LogP contribution in [0.5, 0.6) is 11.5 Å². The molecule has 0 spiro atoms. The third-order valence-corrected chi connectivity index (χ3v) is 6.47. The third-order valence-electron chi connectivity index (χ3n) is 6.47. The van der Waals surface area contributed by atoms with E-state index in [0.717, 1.165) is 76.1 Å². The van der Waals surface area contributed by atoms with Crippen LogP contribution in [0, 0.1) is 34.6 Å². The molecule has 1 saturated heterocycles. The van der Waals surface area contributed by atoms with Gasteiger partial charge in [-0.25, -0.2) is 4.79 Å². The number of piperidine rings is 1. The highest BCUT2D eigenvalue weighted by molar-refractivity contribution is 5.89. The third kappa shape index (κ3) is 6.22. The monoisotopic (exact) mass is 476 g/mol. The number of rotatable bonds is 7. The van der Waals surface area contributed by atoms with Gasteiger partial charge in [0.25, 0.3) is 0 Å². The first-order chi connectivity index (χ1) is 16.8. The van der Waals surface area contributed by atoms with Gasteiger partial charge in [0, 0.05) is 24.3 Å². The van der Waals surface area contributed by atoms with Crippen molar-refractivity contribution in [1.82, 2.24) is 15.4 Å². The molecule has 1 aliphatic rings. The van der Waals surface area contributed by atoms with Crippen molar-refractivity contribution in [2.45, 2.75) is 53.9 Å². The summed E-state index contributed by atoms with van der Waals surface area (Å²) in [7, 11) is 0. The van der Waals surface area contributed by atoms with Crippen molar-refractivity contribution in [3.63, 3.8) is 0 Å². The number of hydrogen-bond donors (Lipinski definition) is 2. The van der Waals surface area contributed by atoms with E-state index in [4.69, 9.17) is 9.26 Å². The molecule has 4 rings (SSSR count). The Bertz CT molecular complexity index is 1150. The first-order valence-electron chi connectivity index (χ1n) is 12.4. The molecule has 1 aromatic heterocycles. The lowest BCUT2D eigenvalue weighted by Crippen LogP contribution is -2.39. The summed E-state index contributed by atoms with van der Waals surface area (Å²) in [5.41, 5.74) is 6.62. The van der Waals surface area contributed by atoms with Gasteiger partial charge in [-0.3, -0.25) is 0 Å².